The van der Waals surface area contributed by atoms with Crippen molar-refractivity contribution in [1.29, 1.82) is 0 Å². The van der Waals surface area contributed by atoms with Crippen molar-refractivity contribution in [3.8, 4) is 0 Å². The van der Waals surface area contributed by atoms with Crippen LogP contribution in [0.4, 0.5) is 0 Å². The van der Waals surface area contributed by atoms with Crippen molar-refractivity contribution in [2.75, 3.05) is 6.26 Å². The molecule has 1 rings (SSSR count). The smallest absolute Gasteiger partial charge is 0.326 e. The van der Waals surface area contributed by atoms with Crippen LogP contribution in [0.3, 0.4) is 0 Å². The van der Waals surface area contributed by atoms with Crippen molar-refractivity contribution in [1.82, 2.24) is 9.97 Å². The first kappa shape index (κ1) is 10.6. The van der Waals surface area contributed by atoms with E-state index in [2.05, 4.69) is 14.2 Å². The van der Waals surface area contributed by atoms with Gasteiger partial charge in [-0.3, -0.25) is 4.79 Å². The van der Waals surface area contributed by atoms with Crippen LogP contribution in [-0.4, -0.2) is 30.6 Å². The lowest BCUT2D eigenvalue weighted by Gasteiger charge is -2.00. The summed E-state index contributed by atoms with van der Waals surface area (Å²) in [5, 5.41) is 0. The third kappa shape index (κ3) is 3.94. The molecule has 1 heterocycles. The van der Waals surface area contributed by atoms with E-state index in [1.165, 1.54) is 18.7 Å². The molecule has 0 radical (unpaired) electrons. The average molecular weight is 216 g/mol. The summed E-state index contributed by atoms with van der Waals surface area (Å²) < 4.78 is 25.2. The van der Waals surface area contributed by atoms with E-state index >= 15 is 0 Å². The Morgan fingerprint density at radius 2 is 2.00 bits per heavy atom. The molecule has 0 aliphatic rings. The van der Waals surface area contributed by atoms with Crippen molar-refractivity contribution >= 4 is 16.1 Å². The quantitative estimate of drug-likeness (QED) is 0.634. The molecule has 76 valence electrons. The third-order valence-electron chi connectivity index (χ3n) is 1.21. The van der Waals surface area contributed by atoms with E-state index in [1.54, 1.807) is 0 Å². The maximum atomic E-state index is 11.0. The Labute approximate surface area is 81.1 Å². The fourth-order valence-electron chi connectivity index (χ4n) is 0.786. The molecule has 0 fully saturated rings. The summed E-state index contributed by atoms with van der Waals surface area (Å²) in [4.78, 5) is 18.3. The molecular formula is C7H8N2O4S. The maximum Gasteiger partial charge on any atom is 0.326 e. The molecule has 6 nitrogen and oxygen atoms in total. The number of hydrogen-bond acceptors (Lipinski definition) is 6. The summed E-state index contributed by atoms with van der Waals surface area (Å²) in [7, 11) is -3.73. The molecule has 14 heavy (non-hydrogen) atoms. The van der Waals surface area contributed by atoms with Crippen molar-refractivity contribution in [3.05, 3.63) is 24.3 Å². The Morgan fingerprint density at radius 3 is 2.50 bits per heavy atom. The summed E-state index contributed by atoms with van der Waals surface area (Å²) >= 11 is 0. The summed E-state index contributed by atoms with van der Waals surface area (Å²) in [6.45, 7) is 0. The van der Waals surface area contributed by atoms with Gasteiger partial charge >= 0.3 is 16.1 Å². The first-order chi connectivity index (χ1) is 6.47. The van der Waals surface area contributed by atoms with Gasteiger partial charge in [-0.15, -0.1) is 0 Å². The Kier molecular flexibility index (Phi) is 3.13. The zero-order valence-electron chi connectivity index (χ0n) is 7.37. The van der Waals surface area contributed by atoms with E-state index < -0.39 is 16.1 Å². The molecule has 0 aromatic carbocycles. The van der Waals surface area contributed by atoms with Crippen LogP contribution in [0.15, 0.2) is 18.7 Å². The van der Waals surface area contributed by atoms with Crippen LogP contribution in [0.2, 0.25) is 0 Å². The maximum absolute atomic E-state index is 11.0. The predicted octanol–water partition coefficient (Wildman–Crippen LogP) is -0.478. The second-order valence-corrected chi connectivity index (χ2v) is 4.16. The Morgan fingerprint density at radius 1 is 1.43 bits per heavy atom. The highest BCUT2D eigenvalue weighted by molar-refractivity contribution is 7.86. The fraction of sp³-hybridized carbons (Fsp3) is 0.286. The number of carbonyl (C=O) groups excluding carboxylic acids is 1. The van der Waals surface area contributed by atoms with Crippen LogP contribution in [-0.2, 0) is 25.5 Å². The zero-order valence-corrected chi connectivity index (χ0v) is 8.19. The van der Waals surface area contributed by atoms with E-state index in [9.17, 15) is 13.2 Å². The molecule has 1 aromatic heterocycles. The van der Waals surface area contributed by atoms with Gasteiger partial charge in [0.15, 0.2) is 0 Å². The van der Waals surface area contributed by atoms with E-state index in [1.807, 2.05) is 0 Å². The molecule has 0 unspecified atom stereocenters. The minimum absolute atomic E-state index is 0.159. The number of carbonyl (C=O) groups is 1. The monoisotopic (exact) mass is 216 g/mol. The van der Waals surface area contributed by atoms with Crippen molar-refractivity contribution in [2.45, 2.75) is 6.42 Å². The molecule has 0 amide bonds. The molecule has 0 saturated carbocycles. The number of hydrogen-bond donors (Lipinski definition) is 0. The lowest BCUT2D eigenvalue weighted by atomic mass is 10.2. The highest BCUT2D eigenvalue weighted by atomic mass is 32.2. The van der Waals surface area contributed by atoms with Gasteiger partial charge in [0.2, 0.25) is 0 Å². The molecule has 0 saturated heterocycles. The number of rotatable bonds is 3. The second-order valence-electron chi connectivity index (χ2n) is 2.58. The molecule has 0 atom stereocenters. The van der Waals surface area contributed by atoms with Crippen LogP contribution in [0, 0.1) is 0 Å². The molecule has 0 bridgehead atoms. The second kappa shape index (κ2) is 4.14. The van der Waals surface area contributed by atoms with E-state index in [0.717, 1.165) is 6.26 Å². The number of aromatic nitrogens is 2. The lowest BCUT2D eigenvalue weighted by Crippen LogP contribution is -2.13. The molecule has 0 aliphatic heterocycles. The average Bonchev–Trinajstić information content (AvgIpc) is 2.02. The third-order valence-corrected chi connectivity index (χ3v) is 1.70. The van der Waals surface area contributed by atoms with Gasteiger partial charge in [0, 0.05) is 12.4 Å². The molecule has 1 aromatic rings. The summed E-state index contributed by atoms with van der Waals surface area (Å²) in [6, 6.07) is 0. The lowest BCUT2D eigenvalue weighted by molar-refractivity contribution is -0.133. The van der Waals surface area contributed by atoms with Crippen molar-refractivity contribution in [2.24, 2.45) is 0 Å². The van der Waals surface area contributed by atoms with Crippen LogP contribution in [0.5, 0.6) is 0 Å². The van der Waals surface area contributed by atoms with Gasteiger partial charge in [0.1, 0.15) is 6.33 Å². The molecule has 0 spiro atoms. The van der Waals surface area contributed by atoms with Crippen molar-refractivity contribution < 1.29 is 17.4 Å². The SMILES string of the molecule is CS(=O)(=O)OC(=O)Cc1cncnc1. The largest absolute Gasteiger partial charge is 0.345 e. The van der Waals surface area contributed by atoms with E-state index in [4.69, 9.17) is 0 Å². The highest BCUT2D eigenvalue weighted by Crippen LogP contribution is 1.98. The normalized spacial score (nSPS) is 10.9. The first-order valence-electron chi connectivity index (χ1n) is 3.63. The van der Waals surface area contributed by atoms with Gasteiger partial charge in [-0.25, -0.2) is 9.97 Å². The molecular weight excluding hydrogens is 208 g/mol. The summed E-state index contributed by atoms with van der Waals surface area (Å²) in [5.74, 6) is -0.845. The zero-order chi connectivity index (χ0) is 10.6. The minimum Gasteiger partial charge on any atom is -0.345 e. The molecule has 0 aliphatic carbocycles. The summed E-state index contributed by atoms with van der Waals surface area (Å²) in [6.07, 6.45) is 4.79. The topological polar surface area (TPSA) is 86.2 Å². The van der Waals surface area contributed by atoms with Crippen LogP contribution in [0.1, 0.15) is 5.56 Å². The van der Waals surface area contributed by atoms with Gasteiger partial charge in [-0.05, 0) is 5.56 Å². The Balaban J connectivity index is 2.59. The summed E-state index contributed by atoms with van der Waals surface area (Å²) in [5.41, 5.74) is 0.501. The standard InChI is InChI=1S/C7H8N2O4S/c1-14(11,12)13-7(10)2-6-3-8-5-9-4-6/h3-5H,2H2,1H3. The van der Waals surface area contributed by atoms with Crippen LogP contribution < -0.4 is 0 Å². The highest BCUT2D eigenvalue weighted by Gasteiger charge is 2.11. The number of nitrogens with zero attached hydrogens (tertiary/aromatic N) is 2. The Bertz CT molecular complexity index is 415. The first-order valence-corrected chi connectivity index (χ1v) is 5.45. The van der Waals surface area contributed by atoms with Gasteiger partial charge < -0.3 is 4.18 Å². The van der Waals surface area contributed by atoms with Gasteiger partial charge in [-0.2, -0.15) is 8.42 Å². The van der Waals surface area contributed by atoms with E-state index in [-0.39, 0.29) is 6.42 Å². The van der Waals surface area contributed by atoms with Gasteiger partial charge in [-0.1, -0.05) is 0 Å². The van der Waals surface area contributed by atoms with Gasteiger partial charge in [0.25, 0.3) is 0 Å². The minimum atomic E-state index is -3.73. The van der Waals surface area contributed by atoms with E-state index in [0.29, 0.717) is 5.56 Å². The van der Waals surface area contributed by atoms with Gasteiger partial charge in [0.05, 0.1) is 12.7 Å². The van der Waals surface area contributed by atoms with Crippen molar-refractivity contribution in [3.63, 3.8) is 0 Å². The van der Waals surface area contributed by atoms with Crippen LogP contribution in [0.25, 0.3) is 0 Å². The fourth-order valence-corrected chi connectivity index (χ4v) is 1.18. The molecule has 7 heteroatoms. The Hall–Kier alpha value is -1.50. The predicted molar refractivity (Wildman–Crippen MR) is 46.7 cm³/mol. The van der Waals surface area contributed by atoms with Crippen LogP contribution >= 0.6 is 0 Å². The molecule has 0 N–H and O–H groups in total.